The monoisotopic (exact) mass is 443 g/mol. The highest BCUT2D eigenvalue weighted by Crippen LogP contribution is 2.37. The number of likely N-dealkylation sites (N-methyl/N-ethyl adjacent to an activating group) is 1. The van der Waals surface area contributed by atoms with Crippen LogP contribution in [0.25, 0.3) is 11.0 Å². The van der Waals surface area contributed by atoms with E-state index >= 15 is 0 Å². The molecule has 2 aromatic heterocycles. The molecular formula is C22H27F2N7O. The number of rotatable bonds is 4. The van der Waals surface area contributed by atoms with E-state index in [1.54, 1.807) is 10.9 Å². The Kier molecular flexibility index (Phi) is 5.32. The zero-order chi connectivity index (χ0) is 22.4. The molecule has 10 heteroatoms. The number of ether oxygens (including phenoxy) is 1. The molecule has 32 heavy (non-hydrogen) atoms. The molecular weight excluding hydrogens is 416 g/mol. The normalized spacial score (nSPS) is 21.0. The highest BCUT2D eigenvalue weighted by atomic mass is 19.1. The van der Waals surface area contributed by atoms with Crippen LogP contribution in [0.15, 0.2) is 18.3 Å². The molecule has 0 amide bonds. The molecule has 0 bridgehead atoms. The van der Waals surface area contributed by atoms with Crippen molar-refractivity contribution in [1.82, 2.24) is 24.6 Å². The predicted octanol–water partition coefficient (Wildman–Crippen LogP) is 3.11. The molecule has 0 radical (unpaired) electrons. The number of hydrogen-bond donors (Lipinski definition) is 1. The first-order chi connectivity index (χ1) is 15.4. The van der Waals surface area contributed by atoms with E-state index in [0.29, 0.717) is 36.2 Å². The van der Waals surface area contributed by atoms with Crippen LogP contribution in [0.3, 0.4) is 0 Å². The van der Waals surface area contributed by atoms with Gasteiger partial charge in [-0.1, -0.05) is 0 Å². The lowest BCUT2D eigenvalue weighted by Gasteiger charge is -2.37. The molecule has 2 atom stereocenters. The molecule has 1 aromatic carbocycles. The summed E-state index contributed by atoms with van der Waals surface area (Å²) in [6, 6.07) is 2.12. The number of anilines is 2. The van der Waals surface area contributed by atoms with Gasteiger partial charge in [-0.2, -0.15) is 15.1 Å². The molecule has 2 aliphatic heterocycles. The number of aromatic nitrogens is 4. The Labute approximate surface area is 185 Å². The fraction of sp³-hybridized carbons (Fsp3) is 0.500. The van der Waals surface area contributed by atoms with Crippen molar-refractivity contribution >= 4 is 22.8 Å². The third-order valence-corrected chi connectivity index (χ3v) is 6.37. The Morgan fingerprint density at radius 1 is 1.19 bits per heavy atom. The third-order valence-electron chi connectivity index (χ3n) is 6.37. The van der Waals surface area contributed by atoms with Gasteiger partial charge in [0.25, 0.3) is 0 Å². The number of nitrogens with one attached hydrogen (secondary N) is 1. The molecule has 8 nitrogen and oxygen atoms in total. The molecule has 3 aromatic rings. The van der Waals surface area contributed by atoms with Gasteiger partial charge in [-0.25, -0.2) is 8.78 Å². The Hall–Kier alpha value is -3.01. The molecule has 5 rings (SSSR count). The van der Waals surface area contributed by atoms with Crippen molar-refractivity contribution in [3.63, 3.8) is 0 Å². The van der Waals surface area contributed by atoms with Crippen molar-refractivity contribution in [2.45, 2.75) is 31.3 Å². The van der Waals surface area contributed by atoms with Gasteiger partial charge in [0.2, 0.25) is 5.95 Å². The zero-order valence-electron chi connectivity index (χ0n) is 18.5. The quantitative estimate of drug-likeness (QED) is 0.664. The van der Waals surface area contributed by atoms with Gasteiger partial charge in [-0.3, -0.25) is 4.68 Å². The van der Waals surface area contributed by atoms with Gasteiger partial charge in [0, 0.05) is 44.7 Å². The maximum Gasteiger partial charge on any atom is 0.227 e. The lowest BCUT2D eigenvalue weighted by molar-refractivity contribution is 0.257. The van der Waals surface area contributed by atoms with Crippen molar-refractivity contribution in [2.75, 3.05) is 44.0 Å². The van der Waals surface area contributed by atoms with Crippen LogP contribution >= 0.6 is 0 Å². The molecule has 170 valence electrons. The number of halogens is 2. The molecule has 1 saturated heterocycles. The summed E-state index contributed by atoms with van der Waals surface area (Å²) in [7, 11) is 6.04. The van der Waals surface area contributed by atoms with Crippen molar-refractivity contribution in [3.8, 4) is 5.75 Å². The van der Waals surface area contributed by atoms with Crippen LogP contribution in [0.5, 0.6) is 5.75 Å². The second-order valence-electron chi connectivity index (χ2n) is 8.72. The second-order valence-corrected chi connectivity index (χ2v) is 8.72. The Morgan fingerprint density at radius 3 is 2.84 bits per heavy atom. The third kappa shape index (κ3) is 3.72. The summed E-state index contributed by atoms with van der Waals surface area (Å²) in [6.07, 6.45) is 4.52. The van der Waals surface area contributed by atoms with Crippen LogP contribution in [-0.4, -0.2) is 64.5 Å². The fourth-order valence-electron chi connectivity index (χ4n) is 4.63. The van der Waals surface area contributed by atoms with E-state index in [2.05, 4.69) is 39.3 Å². The van der Waals surface area contributed by atoms with E-state index in [1.807, 2.05) is 7.05 Å². The van der Waals surface area contributed by atoms with Gasteiger partial charge in [-0.15, -0.1) is 0 Å². The smallest absolute Gasteiger partial charge is 0.227 e. The summed E-state index contributed by atoms with van der Waals surface area (Å²) in [4.78, 5) is 14.0. The van der Waals surface area contributed by atoms with E-state index in [0.717, 1.165) is 43.2 Å². The fourth-order valence-corrected chi connectivity index (χ4v) is 4.63. The van der Waals surface area contributed by atoms with Crippen LogP contribution in [-0.2, 0) is 7.05 Å². The number of nitrogens with zero attached hydrogens (tertiary/aromatic N) is 6. The van der Waals surface area contributed by atoms with Gasteiger partial charge in [0.15, 0.2) is 5.65 Å². The first-order valence-corrected chi connectivity index (χ1v) is 10.9. The van der Waals surface area contributed by atoms with E-state index in [4.69, 9.17) is 9.72 Å². The Morgan fingerprint density at radius 2 is 2.03 bits per heavy atom. The number of aryl methyl sites for hydroxylation is 1. The van der Waals surface area contributed by atoms with E-state index in [1.165, 1.54) is 6.07 Å². The van der Waals surface area contributed by atoms with Gasteiger partial charge < -0.3 is 19.9 Å². The number of benzene rings is 1. The second kappa shape index (κ2) is 8.16. The van der Waals surface area contributed by atoms with E-state index < -0.39 is 17.7 Å². The molecule has 0 spiro atoms. The van der Waals surface area contributed by atoms with Crippen molar-refractivity contribution in [3.05, 3.63) is 35.5 Å². The topological polar surface area (TPSA) is 71.3 Å². The van der Waals surface area contributed by atoms with Gasteiger partial charge in [0.05, 0.1) is 29.8 Å². The number of hydrogen-bond acceptors (Lipinski definition) is 7. The van der Waals surface area contributed by atoms with Crippen molar-refractivity contribution in [1.29, 1.82) is 0 Å². The summed E-state index contributed by atoms with van der Waals surface area (Å²) < 4.78 is 35.5. The van der Waals surface area contributed by atoms with Gasteiger partial charge >= 0.3 is 0 Å². The lowest BCUT2D eigenvalue weighted by atomic mass is 10.00. The van der Waals surface area contributed by atoms with Crippen LogP contribution in [0, 0.1) is 11.6 Å². The Balaban J connectivity index is 1.52. The van der Waals surface area contributed by atoms with Crippen molar-refractivity contribution in [2.24, 2.45) is 7.05 Å². The minimum Gasteiger partial charge on any atom is -0.493 e. The first kappa shape index (κ1) is 20.9. The molecule has 1 unspecified atom stereocenters. The molecule has 1 N–H and O–H groups in total. The zero-order valence-corrected chi connectivity index (χ0v) is 18.5. The summed E-state index contributed by atoms with van der Waals surface area (Å²) in [5.41, 5.74) is 1.01. The minimum atomic E-state index is -0.655. The van der Waals surface area contributed by atoms with E-state index in [-0.39, 0.29) is 5.75 Å². The molecule has 4 heterocycles. The molecule has 0 aliphatic carbocycles. The summed E-state index contributed by atoms with van der Waals surface area (Å²) >= 11 is 0. The first-order valence-electron chi connectivity index (χ1n) is 10.9. The highest BCUT2D eigenvalue weighted by molar-refractivity contribution is 5.88. The molecule has 0 saturated carbocycles. The number of fused-ring (bicyclic) bond motifs is 2. The minimum absolute atomic E-state index is 0.220. The summed E-state index contributed by atoms with van der Waals surface area (Å²) in [5, 5.41) is 8.54. The predicted molar refractivity (Wildman–Crippen MR) is 118 cm³/mol. The van der Waals surface area contributed by atoms with Crippen LogP contribution in [0.1, 0.15) is 30.9 Å². The maximum atomic E-state index is 14.6. The average Bonchev–Trinajstić information content (AvgIpc) is 3.13. The average molecular weight is 444 g/mol. The van der Waals surface area contributed by atoms with E-state index in [9.17, 15) is 8.78 Å². The Bertz CT molecular complexity index is 1150. The SMILES string of the molecule is CN(C)[C@@H]1CCCN(c2nc(NC3CCOc4cc(F)cc(F)c43)nc3c2cnn3C)C1. The van der Waals surface area contributed by atoms with Crippen LogP contribution in [0.4, 0.5) is 20.5 Å². The summed E-state index contributed by atoms with van der Waals surface area (Å²) in [5.74, 6) is 0.146. The standard InChI is InChI=1S/C22H27F2N7O/c1-29(2)14-5-4-7-31(12-14)21-15-11-25-30(3)20(15)27-22(28-21)26-17-6-8-32-18-10-13(23)9-16(24)19(17)18/h9-11,14,17H,4-8,12H2,1-3H3,(H,26,27,28)/t14-,17?/m1/s1. The maximum absolute atomic E-state index is 14.6. The van der Waals surface area contributed by atoms with Crippen LogP contribution < -0.4 is 15.0 Å². The van der Waals surface area contributed by atoms with Crippen LogP contribution in [0.2, 0.25) is 0 Å². The lowest BCUT2D eigenvalue weighted by Crippen LogP contribution is -2.45. The summed E-state index contributed by atoms with van der Waals surface area (Å²) in [6.45, 7) is 2.12. The molecule has 2 aliphatic rings. The van der Waals surface area contributed by atoms with Gasteiger partial charge in [-0.05, 0) is 26.9 Å². The highest BCUT2D eigenvalue weighted by Gasteiger charge is 2.29. The molecule has 1 fully saturated rings. The van der Waals surface area contributed by atoms with Gasteiger partial charge in [0.1, 0.15) is 23.2 Å². The number of piperidine rings is 1. The largest absolute Gasteiger partial charge is 0.493 e. The van der Waals surface area contributed by atoms with Crippen molar-refractivity contribution < 1.29 is 13.5 Å².